The summed E-state index contributed by atoms with van der Waals surface area (Å²) < 4.78 is 52.4. The van der Waals surface area contributed by atoms with E-state index in [0.717, 1.165) is 5.56 Å². The molecule has 0 aromatic heterocycles. The predicted molar refractivity (Wildman–Crippen MR) is 114 cm³/mol. The summed E-state index contributed by atoms with van der Waals surface area (Å²) >= 11 is 0. The van der Waals surface area contributed by atoms with Gasteiger partial charge in [-0.2, -0.15) is 13.2 Å². The largest absolute Gasteiger partial charge is 0.493 e. The van der Waals surface area contributed by atoms with Crippen molar-refractivity contribution in [3.8, 4) is 17.2 Å². The smallest absolute Gasteiger partial charge is 0.389 e. The molecule has 28 heavy (non-hydrogen) atoms. The van der Waals surface area contributed by atoms with Crippen LogP contribution in [0.4, 0.5) is 13.2 Å². The molecule has 0 amide bonds. The molecule has 0 unspecified atom stereocenters. The summed E-state index contributed by atoms with van der Waals surface area (Å²) in [7, 11) is 4.61. The molecule has 1 aromatic carbocycles. The Balaban J connectivity index is 0.00000729. The minimum absolute atomic E-state index is 0. The lowest BCUT2D eigenvalue weighted by Gasteiger charge is -2.14. The average molecular weight is 519 g/mol. The van der Waals surface area contributed by atoms with E-state index in [9.17, 15) is 13.2 Å². The van der Waals surface area contributed by atoms with Crippen molar-refractivity contribution < 1.29 is 27.4 Å². The van der Waals surface area contributed by atoms with Crippen molar-refractivity contribution >= 4 is 29.9 Å². The second-order valence-corrected chi connectivity index (χ2v) is 5.73. The molecule has 0 heterocycles. The van der Waals surface area contributed by atoms with Crippen LogP contribution in [0.15, 0.2) is 17.1 Å². The monoisotopic (exact) mass is 519 g/mol. The van der Waals surface area contributed by atoms with Crippen molar-refractivity contribution in [2.24, 2.45) is 4.99 Å². The van der Waals surface area contributed by atoms with Gasteiger partial charge in [-0.3, -0.25) is 0 Å². The fraction of sp³-hybridized carbons (Fsp3) is 0.611. The first-order valence-corrected chi connectivity index (χ1v) is 8.72. The molecule has 2 N–H and O–H groups in total. The molecule has 0 bridgehead atoms. The van der Waals surface area contributed by atoms with Gasteiger partial charge in [0.25, 0.3) is 0 Å². The summed E-state index contributed by atoms with van der Waals surface area (Å²) in [4.78, 5) is 4.46. The second-order valence-electron chi connectivity index (χ2n) is 5.73. The number of guanidine groups is 1. The lowest BCUT2D eigenvalue weighted by Crippen LogP contribution is -2.37. The first-order chi connectivity index (χ1) is 12.8. The number of nitrogens with one attached hydrogen (secondary N) is 2. The topological polar surface area (TPSA) is 64.1 Å². The normalized spacial score (nSPS) is 11.5. The number of methoxy groups -OCH3 is 3. The molecule has 0 spiro atoms. The first-order valence-electron chi connectivity index (χ1n) is 8.72. The fourth-order valence-electron chi connectivity index (χ4n) is 2.40. The van der Waals surface area contributed by atoms with Crippen LogP contribution in [-0.4, -0.2) is 46.6 Å². The zero-order valence-electron chi connectivity index (χ0n) is 16.6. The Morgan fingerprint density at radius 3 is 2.07 bits per heavy atom. The van der Waals surface area contributed by atoms with Crippen molar-refractivity contribution in [2.45, 2.75) is 38.9 Å². The van der Waals surface area contributed by atoms with Gasteiger partial charge < -0.3 is 24.8 Å². The van der Waals surface area contributed by atoms with Gasteiger partial charge in [0, 0.05) is 19.5 Å². The van der Waals surface area contributed by atoms with E-state index in [1.54, 1.807) is 12.1 Å². The van der Waals surface area contributed by atoms with Crippen molar-refractivity contribution in [1.82, 2.24) is 10.6 Å². The van der Waals surface area contributed by atoms with E-state index in [2.05, 4.69) is 15.6 Å². The Kier molecular flexibility index (Phi) is 12.8. The number of hydrogen-bond donors (Lipinski definition) is 2. The zero-order chi connectivity index (χ0) is 20.3. The number of rotatable bonds is 10. The highest BCUT2D eigenvalue weighted by Gasteiger charge is 2.25. The molecule has 10 heteroatoms. The number of ether oxygens (including phenoxy) is 3. The predicted octanol–water partition coefficient (Wildman–Crippen LogP) is 4.12. The van der Waals surface area contributed by atoms with E-state index in [1.807, 2.05) is 6.92 Å². The van der Waals surface area contributed by atoms with Crippen LogP contribution in [0.1, 0.15) is 31.7 Å². The van der Waals surface area contributed by atoms with E-state index < -0.39 is 12.6 Å². The minimum Gasteiger partial charge on any atom is -0.493 e. The van der Waals surface area contributed by atoms with E-state index in [4.69, 9.17) is 14.2 Å². The number of hydrogen-bond acceptors (Lipinski definition) is 4. The highest BCUT2D eigenvalue weighted by Crippen LogP contribution is 2.38. The second kappa shape index (κ2) is 13.6. The zero-order valence-corrected chi connectivity index (χ0v) is 18.9. The molecule has 0 atom stereocenters. The quantitative estimate of drug-likeness (QED) is 0.211. The van der Waals surface area contributed by atoms with Gasteiger partial charge in [-0.1, -0.05) is 0 Å². The summed E-state index contributed by atoms with van der Waals surface area (Å²) in [5, 5.41) is 6.11. The van der Waals surface area contributed by atoms with Gasteiger partial charge in [0.2, 0.25) is 5.75 Å². The molecular formula is C18H29F3IN3O3. The van der Waals surface area contributed by atoms with Crippen LogP contribution >= 0.6 is 24.0 Å². The maximum atomic E-state index is 12.2. The van der Waals surface area contributed by atoms with Crippen LogP contribution in [-0.2, 0) is 6.54 Å². The number of alkyl halides is 3. The lowest BCUT2D eigenvalue weighted by molar-refractivity contribution is -0.135. The summed E-state index contributed by atoms with van der Waals surface area (Å²) in [5.41, 5.74) is 0.846. The summed E-state index contributed by atoms with van der Waals surface area (Å²) in [6.07, 6.45) is -4.38. The Labute approximate surface area is 181 Å². The van der Waals surface area contributed by atoms with Gasteiger partial charge in [0.15, 0.2) is 17.5 Å². The van der Waals surface area contributed by atoms with Crippen LogP contribution in [0.5, 0.6) is 17.2 Å². The standard InChI is InChI=1S/C18H28F3N3O3.HI/c1-5-22-17(23-9-7-6-8-18(19,20)21)24-12-13-10-14(25-2)16(27-4)15(11-13)26-3;/h10-11H,5-9,12H2,1-4H3,(H2,22,23,24);1H. The molecule has 0 saturated heterocycles. The summed E-state index contributed by atoms with van der Waals surface area (Å²) in [6.45, 7) is 3.32. The Bertz CT molecular complexity index is 588. The van der Waals surface area contributed by atoms with Crippen LogP contribution in [0.3, 0.4) is 0 Å². The number of halogens is 4. The van der Waals surface area contributed by atoms with Crippen molar-refractivity contribution in [3.63, 3.8) is 0 Å². The van der Waals surface area contributed by atoms with Crippen LogP contribution in [0, 0.1) is 0 Å². The molecular weight excluding hydrogens is 490 g/mol. The molecule has 0 saturated carbocycles. The molecule has 162 valence electrons. The first kappa shape index (κ1) is 26.4. The third kappa shape index (κ3) is 9.56. The van der Waals surface area contributed by atoms with E-state index in [-0.39, 0.29) is 30.4 Å². The number of benzene rings is 1. The molecule has 0 aliphatic heterocycles. The Morgan fingerprint density at radius 2 is 1.61 bits per heavy atom. The Hall–Kier alpha value is -1.59. The number of unbranched alkanes of at least 4 members (excludes halogenated alkanes) is 1. The highest BCUT2D eigenvalue weighted by atomic mass is 127. The van der Waals surface area contributed by atoms with Gasteiger partial charge in [0.05, 0.1) is 27.9 Å². The van der Waals surface area contributed by atoms with E-state index in [1.165, 1.54) is 21.3 Å². The number of nitrogens with zero attached hydrogens (tertiary/aromatic N) is 1. The molecule has 0 aliphatic carbocycles. The fourth-order valence-corrected chi connectivity index (χ4v) is 2.40. The lowest BCUT2D eigenvalue weighted by atomic mass is 10.2. The Morgan fingerprint density at radius 1 is 1.00 bits per heavy atom. The number of aliphatic imine (C=N–C) groups is 1. The molecule has 0 fully saturated rings. The molecule has 1 rings (SSSR count). The molecule has 6 nitrogen and oxygen atoms in total. The molecule has 1 aromatic rings. The van der Waals surface area contributed by atoms with Gasteiger partial charge in [0.1, 0.15) is 0 Å². The van der Waals surface area contributed by atoms with Gasteiger partial charge in [-0.05, 0) is 37.5 Å². The van der Waals surface area contributed by atoms with Crippen molar-refractivity contribution in [1.29, 1.82) is 0 Å². The maximum absolute atomic E-state index is 12.2. The van der Waals surface area contributed by atoms with Gasteiger partial charge in [-0.25, -0.2) is 4.99 Å². The van der Waals surface area contributed by atoms with Crippen LogP contribution in [0.25, 0.3) is 0 Å². The third-order valence-electron chi connectivity index (χ3n) is 3.67. The van der Waals surface area contributed by atoms with Crippen LogP contribution in [0.2, 0.25) is 0 Å². The van der Waals surface area contributed by atoms with E-state index in [0.29, 0.717) is 49.3 Å². The third-order valence-corrected chi connectivity index (χ3v) is 3.67. The van der Waals surface area contributed by atoms with E-state index >= 15 is 0 Å². The summed E-state index contributed by atoms with van der Waals surface area (Å²) in [6, 6.07) is 3.61. The minimum atomic E-state index is -4.11. The summed E-state index contributed by atoms with van der Waals surface area (Å²) in [5.74, 6) is 2.11. The molecule has 0 aliphatic rings. The maximum Gasteiger partial charge on any atom is 0.389 e. The van der Waals surface area contributed by atoms with Gasteiger partial charge >= 0.3 is 6.18 Å². The molecule has 0 radical (unpaired) electrons. The van der Waals surface area contributed by atoms with Gasteiger partial charge in [-0.15, -0.1) is 24.0 Å². The highest BCUT2D eigenvalue weighted by molar-refractivity contribution is 14.0. The van der Waals surface area contributed by atoms with Crippen LogP contribution < -0.4 is 24.8 Å². The van der Waals surface area contributed by atoms with Crippen molar-refractivity contribution in [3.05, 3.63) is 17.7 Å². The average Bonchev–Trinajstić information content (AvgIpc) is 2.63. The SMILES string of the molecule is CCNC(=NCc1cc(OC)c(OC)c(OC)c1)NCCCCC(F)(F)F.I. The van der Waals surface area contributed by atoms with Crippen molar-refractivity contribution in [2.75, 3.05) is 34.4 Å².